The molecule has 0 radical (unpaired) electrons. The summed E-state index contributed by atoms with van der Waals surface area (Å²) in [6.45, 7) is 5.89. The van der Waals surface area contributed by atoms with E-state index < -0.39 is 0 Å². The van der Waals surface area contributed by atoms with Crippen LogP contribution in [0.25, 0.3) is 5.65 Å². The molecule has 0 spiro atoms. The molecular formula is C20H23N5O. The molecule has 1 atom stereocenters. The van der Waals surface area contributed by atoms with Crippen LogP contribution in [0.1, 0.15) is 48.8 Å². The number of ketones is 1. The predicted octanol–water partition coefficient (Wildman–Crippen LogP) is 3.35. The number of piperidine rings is 1. The van der Waals surface area contributed by atoms with Crippen LogP contribution in [-0.4, -0.2) is 38.5 Å². The van der Waals surface area contributed by atoms with Gasteiger partial charge in [-0.1, -0.05) is 19.9 Å². The second-order valence-corrected chi connectivity index (χ2v) is 7.16. The molecule has 0 amide bonds. The van der Waals surface area contributed by atoms with Crippen LogP contribution in [0, 0.1) is 5.92 Å². The molecule has 1 saturated heterocycles. The van der Waals surface area contributed by atoms with Crippen LogP contribution < -0.4 is 4.90 Å². The molecule has 0 bridgehead atoms. The van der Waals surface area contributed by atoms with Gasteiger partial charge in [0.15, 0.2) is 11.4 Å². The van der Waals surface area contributed by atoms with Gasteiger partial charge in [0.05, 0.1) is 6.20 Å². The monoisotopic (exact) mass is 349 g/mol. The highest BCUT2D eigenvalue weighted by molar-refractivity contribution is 5.96. The zero-order valence-electron chi connectivity index (χ0n) is 15.2. The average Bonchev–Trinajstić information content (AvgIpc) is 3.16. The molecule has 0 unspecified atom stereocenters. The van der Waals surface area contributed by atoms with E-state index in [2.05, 4.69) is 39.9 Å². The minimum absolute atomic E-state index is 0.0417. The molecule has 3 aromatic heterocycles. The summed E-state index contributed by atoms with van der Waals surface area (Å²) in [5.74, 6) is 1.44. The maximum atomic E-state index is 12.8. The van der Waals surface area contributed by atoms with Crippen LogP contribution in [0.5, 0.6) is 0 Å². The number of hydrogen-bond acceptors (Lipinski definition) is 5. The molecule has 134 valence electrons. The van der Waals surface area contributed by atoms with Gasteiger partial charge in [0.25, 0.3) is 0 Å². The summed E-state index contributed by atoms with van der Waals surface area (Å²) in [7, 11) is 0. The van der Waals surface area contributed by atoms with Gasteiger partial charge in [-0.05, 0) is 30.9 Å². The number of carbonyl (C=O) groups is 1. The van der Waals surface area contributed by atoms with E-state index in [-0.39, 0.29) is 11.7 Å². The van der Waals surface area contributed by atoms with E-state index in [1.54, 1.807) is 18.5 Å². The molecule has 0 N–H and O–H groups in total. The maximum Gasteiger partial charge on any atom is 0.185 e. The molecule has 3 aromatic rings. The highest BCUT2D eigenvalue weighted by Crippen LogP contribution is 2.27. The van der Waals surface area contributed by atoms with Crippen molar-refractivity contribution in [1.29, 1.82) is 0 Å². The van der Waals surface area contributed by atoms with E-state index in [1.165, 1.54) is 0 Å². The minimum Gasteiger partial charge on any atom is -0.356 e. The second-order valence-electron chi connectivity index (χ2n) is 7.16. The smallest absolute Gasteiger partial charge is 0.185 e. The maximum absolute atomic E-state index is 12.8. The van der Waals surface area contributed by atoms with E-state index in [9.17, 15) is 4.79 Å². The van der Waals surface area contributed by atoms with Gasteiger partial charge in [-0.2, -0.15) is 9.61 Å². The third kappa shape index (κ3) is 3.07. The number of nitrogens with zero attached hydrogens (tertiary/aromatic N) is 5. The largest absolute Gasteiger partial charge is 0.356 e. The molecule has 1 aliphatic heterocycles. The normalized spacial score (nSPS) is 17.8. The van der Waals surface area contributed by atoms with Crippen LogP contribution in [0.15, 0.2) is 42.7 Å². The topological polar surface area (TPSA) is 63.4 Å². The fraction of sp³-hybridized carbons (Fsp3) is 0.400. The number of Topliss-reactive ketones (excluding diaryl/α,β-unsaturated/α-hetero) is 1. The SMILES string of the molecule is CC(C)c1cc(N2CCC[C@@H](C(=O)c3ccccn3)C2)n2nccc2n1. The molecular weight excluding hydrogens is 326 g/mol. The van der Waals surface area contributed by atoms with E-state index in [0.717, 1.165) is 36.5 Å². The molecule has 0 aliphatic carbocycles. The lowest BCUT2D eigenvalue weighted by Gasteiger charge is -2.33. The standard InChI is InChI=1S/C20H23N5O/c1-14(2)17-12-19(25-18(23-17)8-10-22-25)24-11-5-6-15(13-24)20(26)16-7-3-4-9-21-16/h3-4,7-10,12,14-15H,5-6,11,13H2,1-2H3/t15-/m1/s1. The van der Waals surface area contributed by atoms with Crippen LogP contribution in [0.3, 0.4) is 0 Å². The lowest BCUT2D eigenvalue weighted by atomic mass is 9.92. The quantitative estimate of drug-likeness (QED) is 0.676. The first-order valence-electron chi connectivity index (χ1n) is 9.18. The van der Waals surface area contributed by atoms with Crippen molar-refractivity contribution in [2.45, 2.75) is 32.6 Å². The van der Waals surface area contributed by atoms with Crippen LogP contribution in [0.2, 0.25) is 0 Å². The number of pyridine rings is 1. The Bertz CT molecular complexity index is 918. The molecule has 1 fully saturated rings. The molecule has 0 aromatic carbocycles. The predicted molar refractivity (Wildman–Crippen MR) is 101 cm³/mol. The van der Waals surface area contributed by atoms with Gasteiger partial charge in [0.1, 0.15) is 11.5 Å². The highest BCUT2D eigenvalue weighted by atomic mass is 16.1. The van der Waals surface area contributed by atoms with Crippen molar-refractivity contribution in [2.75, 3.05) is 18.0 Å². The molecule has 1 aliphatic rings. The summed E-state index contributed by atoms with van der Waals surface area (Å²) in [6.07, 6.45) is 5.33. The van der Waals surface area contributed by atoms with Gasteiger partial charge in [0.2, 0.25) is 0 Å². The molecule has 26 heavy (non-hydrogen) atoms. The van der Waals surface area contributed by atoms with Gasteiger partial charge >= 0.3 is 0 Å². The van der Waals surface area contributed by atoms with Crippen LogP contribution in [0.4, 0.5) is 5.82 Å². The van der Waals surface area contributed by atoms with Crippen molar-refractivity contribution >= 4 is 17.2 Å². The molecule has 0 saturated carbocycles. The summed E-state index contributed by atoms with van der Waals surface area (Å²) in [6, 6.07) is 9.54. The van der Waals surface area contributed by atoms with Crippen molar-refractivity contribution in [2.24, 2.45) is 5.92 Å². The van der Waals surface area contributed by atoms with Gasteiger partial charge < -0.3 is 4.90 Å². The first kappa shape index (κ1) is 16.7. The molecule has 4 heterocycles. The number of rotatable bonds is 4. The van der Waals surface area contributed by atoms with E-state index in [4.69, 9.17) is 0 Å². The first-order chi connectivity index (χ1) is 12.6. The summed E-state index contributed by atoms with van der Waals surface area (Å²) in [4.78, 5) is 24.0. The Morgan fingerprint density at radius 1 is 1.23 bits per heavy atom. The second kappa shape index (κ2) is 6.86. The van der Waals surface area contributed by atoms with Crippen molar-refractivity contribution in [1.82, 2.24) is 19.6 Å². The van der Waals surface area contributed by atoms with Crippen LogP contribution in [-0.2, 0) is 0 Å². The van der Waals surface area contributed by atoms with E-state index in [1.807, 2.05) is 22.7 Å². The Morgan fingerprint density at radius 3 is 2.88 bits per heavy atom. The lowest BCUT2D eigenvalue weighted by molar-refractivity contribution is 0.0902. The van der Waals surface area contributed by atoms with Crippen molar-refractivity contribution in [3.63, 3.8) is 0 Å². The highest BCUT2D eigenvalue weighted by Gasteiger charge is 2.29. The fourth-order valence-corrected chi connectivity index (χ4v) is 3.55. The van der Waals surface area contributed by atoms with Crippen molar-refractivity contribution in [3.05, 3.63) is 54.1 Å². The third-order valence-corrected chi connectivity index (χ3v) is 4.99. The summed E-state index contributed by atoms with van der Waals surface area (Å²) in [5.41, 5.74) is 2.46. The summed E-state index contributed by atoms with van der Waals surface area (Å²) >= 11 is 0. The number of anilines is 1. The number of hydrogen-bond donors (Lipinski definition) is 0. The number of carbonyl (C=O) groups excluding carboxylic acids is 1. The van der Waals surface area contributed by atoms with Crippen molar-refractivity contribution < 1.29 is 4.79 Å². The Balaban J connectivity index is 1.65. The molecule has 4 rings (SSSR count). The van der Waals surface area contributed by atoms with Gasteiger partial charge in [-0.3, -0.25) is 9.78 Å². The zero-order valence-corrected chi connectivity index (χ0v) is 15.2. The zero-order chi connectivity index (χ0) is 18.1. The molecule has 6 nitrogen and oxygen atoms in total. The Morgan fingerprint density at radius 2 is 2.12 bits per heavy atom. The number of fused-ring (bicyclic) bond motifs is 1. The van der Waals surface area contributed by atoms with Gasteiger partial charge in [0, 0.05) is 43.0 Å². The van der Waals surface area contributed by atoms with Gasteiger partial charge in [-0.15, -0.1) is 0 Å². The summed E-state index contributed by atoms with van der Waals surface area (Å²) in [5, 5.41) is 4.44. The molecule has 6 heteroatoms. The minimum atomic E-state index is -0.0417. The average molecular weight is 349 g/mol. The van der Waals surface area contributed by atoms with E-state index >= 15 is 0 Å². The fourth-order valence-electron chi connectivity index (χ4n) is 3.55. The van der Waals surface area contributed by atoms with Crippen LogP contribution >= 0.6 is 0 Å². The Kier molecular flexibility index (Phi) is 4.41. The first-order valence-corrected chi connectivity index (χ1v) is 9.18. The van der Waals surface area contributed by atoms with Crippen molar-refractivity contribution in [3.8, 4) is 0 Å². The van der Waals surface area contributed by atoms with Gasteiger partial charge in [-0.25, -0.2) is 4.98 Å². The lowest BCUT2D eigenvalue weighted by Crippen LogP contribution is -2.40. The summed E-state index contributed by atoms with van der Waals surface area (Å²) < 4.78 is 1.87. The van der Waals surface area contributed by atoms with E-state index in [0.29, 0.717) is 18.2 Å². The third-order valence-electron chi connectivity index (χ3n) is 4.99. The Hall–Kier alpha value is -2.76. The number of aromatic nitrogens is 4. The Labute approximate surface area is 152 Å².